The van der Waals surface area contributed by atoms with Gasteiger partial charge in [0, 0.05) is 4.88 Å². The number of halogens is 2. The maximum atomic E-state index is 12.3. The van der Waals surface area contributed by atoms with Crippen molar-refractivity contribution in [3.05, 3.63) is 39.8 Å². The van der Waals surface area contributed by atoms with Crippen LogP contribution in [0.2, 0.25) is 0 Å². The van der Waals surface area contributed by atoms with Crippen LogP contribution < -0.4 is 10.1 Å². The summed E-state index contributed by atoms with van der Waals surface area (Å²) in [6.45, 7) is 1.59. The Morgan fingerprint density at radius 1 is 1.32 bits per heavy atom. The van der Waals surface area contributed by atoms with Crippen molar-refractivity contribution in [1.82, 2.24) is 4.98 Å². The van der Waals surface area contributed by atoms with Crippen LogP contribution >= 0.6 is 11.3 Å². The Hall–Kier alpha value is -1.69. The highest BCUT2D eigenvalue weighted by atomic mass is 32.1. The van der Waals surface area contributed by atoms with E-state index in [1.807, 2.05) is 13.8 Å². The lowest BCUT2D eigenvalue weighted by atomic mass is 10.3. The van der Waals surface area contributed by atoms with Crippen molar-refractivity contribution >= 4 is 17.0 Å². The zero-order valence-electron chi connectivity index (χ0n) is 10.6. The summed E-state index contributed by atoms with van der Waals surface area (Å²) >= 11 is 1.59. The van der Waals surface area contributed by atoms with Gasteiger partial charge in [0.2, 0.25) is 0 Å². The van der Waals surface area contributed by atoms with Crippen LogP contribution in [0.1, 0.15) is 15.6 Å². The Labute approximate surface area is 114 Å². The van der Waals surface area contributed by atoms with Gasteiger partial charge in [-0.25, -0.2) is 4.98 Å². The fourth-order valence-electron chi connectivity index (χ4n) is 1.72. The first kappa shape index (κ1) is 13.7. The Balaban J connectivity index is 2.09. The Morgan fingerprint density at radius 2 is 2.05 bits per heavy atom. The van der Waals surface area contributed by atoms with Crippen LogP contribution in [0.3, 0.4) is 0 Å². The normalized spacial score (nSPS) is 10.8. The molecule has 0 spiro atoms. The largest absolute Gasteiger partial charge is 0.433 e. The van der Waals surface area contributed by atoms with E-state index < -0.39 is 6.61 Å². The highest BCUT2D eigenvalue weighted by Crippen LogP contribution is 2.27. The molecule has 6 heteroatoms. The number of benzene rings is 1. The maximum absolute atomic E-state index is 12.3. The molecule has 0 fully saturated rings. The fraction of sp³-hybridized carbons (Fsp3) is 0.308. The molecule has 1 aromatic carbocycles. The third kappa shape index (κ3) is 3.64. The molecule has 1 heterocycles. The predicted octanol–water partition coefficient (Wildman–Crippen LogP) is 3.97. The Morgan fingerprint density at radius 3 is 2.68 bits per heavy atom. The maximum Gasteiger partial charge on any atom is 0.387 e. The van der Waals surface area contributed by atoms with E-state index in [0.717, 1.165) is 15.6 Å². The number of hydrogen-bond donors (Lipinski definition) is 1. The minimum absolute atomic E-state index is 0.149. The van der Waals surface area contributed by atoms with Crippen LogP contribution in [0.25, 0.3) is 0 Å². The quantitative estimate of drug-likeness (QED) is 0.902. The van der Waals surface area contributed by atoms with Crippen molar-refractivity contribution in [2.45, 2.75) is 27.0 Å². The average molecular weight is 284 g/mol. The third-order valence-electron chi connectivity index (χ3n) is 2.54. The number of rotatable bonds is 5. The number of hydrogen-bond acceptors (Lipinski definition) is 4. The van der Waals surface area contributed by atoms with Crippen LogP contribution in [0.4, 0.5) is 14.5 Å². The highest BCUT2D eigenvalue weighted by Gasteiger charge is 2.10. The molecule has 19 heavy (non-hydrogen) atoms. The van der Waals surface area contributed by atoms with Crippen molar-refractivity contribution in [3.8, 4) is 5.75 Å². The molecule has 0 bridgehead atoms. The lowest BCUT2D eigenvalue weighted by Gasteiger charge is -2.11. The van der Waals surface area contributed by atoms with Crippen molar-refractivity contribution in [2.75, 3.05) is 5.32 Å². The van der Waals surface area contributed by atoms with Crippen LogP contribution in [0, 0.1) is 13.8 Å². The van der Waals surface area contributed by atoms with E-state index in [1.54, 1.807) is 29.5 Å². The van der Waals surface area contributed by atoms with Crippen LogP contribution in [-0.2, 0) is 6.54 Å². The van der Waals surface area contributed by atoms with Gasteiger partial charge in [0.05, 0.1) is 22.9 Å². The first-order valence-corrected chi connectivity index (χ1v) is 6.58. The van der Waals surface area contributed by atoms with Crippen molar-refractivity contribution in [1.29, 1.82) is 0 Å². The summed E-state index contributed by atoms with van der Waals surface area (Å²) in [5.41, 5.74) is 1.51. The van der Waals surface area contributed by atoms with Gasteiger partial charge in [0.15, 0.2) is 0 Å². The summed E-state index contributed by atoms with van der Waals surface area (Å²) in [6.07, 6.45) is 0. The smallest absolute Gasteiger partial charge is 0.387 e. The Bertz CT molecular complexity index is 557. The van der Waals surface area contributed by atoms with Gasteiger partial charge in [0.1, 0.15) is 5.75 Å². The number of anilines is 1. The number of alkyl halides is 2. The summed E-state index contributed by atoms with van der Waals surface area (Å²) < 4.78 is 29.0. The molecule has 3 nitrogen and oxygen atoms in total. The van der Waals surface area contributed by atoms with Gasteiger partial charge < -0.3 is 10.1 Å². The molecule has 102 valence electrons. The molecular formula is C13H14F2N2OS. The summed E-state index contributed by atoms with van der Waals surface area (Å²) in [5.74, 6) is 0.149. The van der Waals surface area contributed by atoms with Crippen LogP contribution in [0.15, 0.2) is 24.3 Å². The molecule has 0 saturated carbocycles. The molecule has 0 aliphatic rings. The number of aryl methyl sites for hydroxylation is 2. The number of nitrogens with zero attached hydrogens (tertiary/aromatic N) is 1. The second-order valence-corrected chi connectivity index (χ2v) is 5.26. The van der Waals surface area contributed by atoms with Gasteiger partial charge in [0.25, 0.3) is 0 Å². The molecule has 0 aliphatic heterocycles. The standard InChI is InChI=1S/C13H14F2N2OS/c1-8-12(19-9(2)17-8)7-16-10-5-3-4-6-11(10)18-13(14)15/h3-6,13,16H,7H2,1-2H3. The zero-order valence-corrected chi connectivity index (χ0v) is 11.4. The van der Waals surface area contributed by atoms with E-state index in [-0.39, 0.29) is 5.75 Å². The molecule has 0 aliphatic carbocycles. The minimum atomic E-state index is -2.82. The van der Waals surface area contributed by atoms with Crippen molar-refractivity contribution < 1.29 is 13.5 Å². The van der Waals surface area contributed by atoms with E-state index in [2.05, 4.69) is 15.0 Å². The number of ether oxygens (including phenoxy) is 1. The predicted molar refractivity (Wildman–Crippen MR) is 72.0 cm³/mol. The first-order chi connectivity index (χ1) is 9.06. The third-order valence-corrected chi connectivity index (χ3v) is 3.61. The molecular weight excluding hydrogens is 270 g/mol. The number of nitrogens with one attached hydrogen (secondary N) is 1. The molecule has 0 saturated heterocycles. The summed E-state index contributed by atoms with van der Waals surface area (Å²) in [5, 5.41) is 4.09. The van der Waals surface area contributed by atoms with E-state index in [1.165, 1.54) is 6.07 Å². The summed E-state index contributed by atoms with van der Waals surface area (Å²) in [6, 6.07) is 6.65. The first-order valence-electron chi connectivity index (χ1n) is 5.77. The van der Waals surface area contributed by atoms with Crippen LogP contribution in [0.5, 0.6) is 5.75 Å². The molecule has 0 atom stereocenters. The monoisotopic (exact) mass is 284 g/mol. The van der Waals surface area contributed by atoms with Crippen LogP contribution in [-0.4, -0.2) is 11.6 Å². The second-order valence-electron chi connectivity index (χ2n) is 3.97. The van der Waals surface area contributed by atoms with Crippen molar-refractivity contribution in [2.24, 2.45) is 0 Å². The lowest BCUT2D eigenvalue weighted by Crippen LogP contribution is -2.06. The average Bonchev–Trinajstić information content (AvgIpc) is 2.66. The molecule has 0 amide bonds. The van der Waals surface area contributed by atoms with E-state index in [4.69, 9.17) is 0 Å². The highest BCUT2D eigenvalue weighted by molar-refractivity contribution is 7.11. The van der Waals surface area contributed by atoms with Gasteiger partial charge in [-0.2, -0.15) is 8.78 Å². The van der Waals surface area contributed by atoms with Gasteiger partial charge in [-0.05, 0) is 26.0 Å². The topological polar surface area (TPSA) is 34.2 Å². The molecule has 1 aromatic heterocycles. The lowest BCUT2D eigenvalue weighted by molar-refractivity contribution is -0.0493. The molecule has 0 unspecified atom stereocenters. The van der Waals surface area contributed by atoms with Gasteiger partial charge >= 0.3 is 6.61 Å². The van der Waals surface area contributed by atoms with Crippen molar-refractivity contribution in [3.63, 3.8) is 0 Å². The number of aromatic nitrogens is 1. The van der Waals surface area contributed by atoms with Gasteiger partial charge in [-0.15, -0.1) is 11.3 Å². The van der Waals surface area contributed by atoms with E-state index in [0.29, 0.717) is 12.2 Å². The molecule has 2 rings (SSSR count). The fourth-order valence-corrected chi connectivity index (χ4v) is 2.60. The summed E-state index contributed by atoms with van der Waals surface area (Å²) in [7, 11) is 0. The number of thiazole rings is 1. The number of para-hydroxylation sites is 2. The molecule has 2 aromatic rings. The molecule has 1 N–H and O–H groups in total. The summed E-state index contributed by atoms with van der Waals surface area (Å²) in [4.78, 5) is 5.41. The Kier molecular flexibility index (Phi) is 4.31. The van der Waals surface area contributed by atoms with Gasteiger partial charge in [-0.3, -0.25) is 0 Å². The SMILES string of the molecule is Cc1nc(C)c(CNc2ccccc2OC(F)F)s1. The minimum Gasteiger partial charge on any atom is -0.433 e. The van der Waals surface area contributed by atoms with Gasteiger partial charge in [-0.1, -0.05) is 12.1 Å². The van der Waals surface area contributed by atoms with E-state index >= 15 is 0 Å². The second kappa shape index (κ2) is 5.97. The zero-order chi connectivity index (χ0) is 13.8. The van der Waals surface area contributed by atoms with E-state index in [9.17, 15) is 8.78 Å². The molecule has 0 radical (unpaired) electrons.